The van der Waals surface area contributed by atoms with Crippen LogP contribution in [-0.4, -0.2) is 36.7 Å². The fourth-order valence-corrected chi connectivity index (χ4v) is 0.774. The average Bonchev–Trinajstić information content (AvgIpc) is 1.30. The summed E-state index contributed by atoms with van der Waals surface area (Å²) in [7, 11) is -3.67. The summed E-state index contributed by atoms with van der Waals surface area (Å²) >= 11 is 0. The van der Waals surface area contributed by atoms with Gasteiger partial charge < -0.3 is 0 Å². The van der Waals surface area contributed by atoms with Crippen molar-refractivity contribution >= 4 is 28.1 Å². The second-order valence-electron chi connectivity index (χ2n) is 1.29. The third kappa shape index (κ3) is 9.69. The normalized spacial score (nSPS) is 10.2. The molecule has 1 atom stereocenters. The third-order valence-corrected chi connectivity index (χ3v) is 1.39. The minimum atomic E-state index is -3.67. The molecule has 0 aliphatic rings. The topological polar surface area (TPSA) is 54.4 Å². The fourth-order valence-electron chi connectivity index (χ4n) is 0.258. The number of rotatable bonds is 2. The van der Waals surface area contributed by atoms with Crippen molar-refractivity contribution in [3.63, 3.8) is 0 Å². The van der Waals surface area contributed by atoms with Crippen molar-refractivity contribution in [3.05, 3.63) is 0 Å². The number of hydrogen-bond acceptors (Lipinski definition) is 2. The quantitative estimate of drug-likeness (QED) is 0.466. The maximum atomic E-state index is 9.79. The van der Waals surface area contributed by atoms with Crippen LogP contribution < -0.4 is 0 Å². The van der Waals surface area contributed by atoms with E-state index in [1.807, 2.05) is 0 Å². The van der Waals surface area contributed by atoms with Crippen molar-refractivity contribution in [1.82, 2.24) is 0 Å². The monoisotopic (exact) mass is 202 g/mol. The first-order valence-electron chi connectivity index (χ1n) is 2.01. The first-order chi connectivity index (χ1) is 3.06. The van der Waals surface area contributed by atoms with E-state index >= 15 is 0 Å². The Morgan fingerprint density at radius 1 is 1.50 bits per heavy atom. The molecule has 0 aromatic heterocycles. The van der Waals surface area contributed by atoms with Gasteiger partial charge in [0, 0.05) is 0 Å². The van der Waals surface area contributed by atoms with Crippen molar-refractivity contribution in [3.8, 4) is 0 Å². The van der Waals surface area contributed by atoms with Crippen LogP contribution in [-0.2, 0) is 10.1 Å². The molecular weight excluding hydrogens is 191 g/mol. The van der Waals surface area contributed by atoms with E-state index in [1.165, 1.54) is 0 Å². The van der Waals surface area contributed by atoms with Crippen LogP contribution in [0.5, 0.6) is 0 Å². The second kappa shape index (κ2) is 4.36. The molecule has 8 heavy (non-hydrogen) atoms. The first-order valence-corrected chi connectivity index (χ1v) is 3.62. The fraction of sp³-hybridized carbons (Fsp3) is 1.00. The molecule has 0 heterocycles. The van der Waals surface area contributed by atoms with Crippen molar-refractivity contribution in [1.29, 1.82) is 0 Å². The van der Waals surface area contributed by atoms with E-state index < -0.39 is 10.1 Å². The van der Waals surface area contributed by atoms with E-state index in [1.54, 1.807) is 6.92 Å². The van der Waals surface area contributed by atoms with Crippen LogP contribution in [0.1, 0.15) is 13.3 Å². The van der Waals surface area contributed by atoms with Gasteiger partial charge in [0.05, 0.1) is 5.75 Å². The summed E-state index contributed by atoms with van der Waals surface area (Å²) in [4.78, 5) is 0. The molecule has 0 spiro atoms. The van der Waals surface area contributed by atoms with Crippen molar-refractivity contribution < 1.29 is 13.0 Å². The van der Waals surface area contributed by atoms with E-state index in [2.05, 4.69) is 0 Å². The predicted octanol–water partition coefficient (Wildman–Crippen LogP) is -0.900. The van der Waals surface area contributed by atoms with Crippen molar-refractivity contribution in [2.45, 2.75) is 13.3 Å². The van der Waals surface area contributed by atoms with Gasteiger partial charge in [-0.3, -0.25) is 4.55 Å². The first kappa shape index (κ1) is 11.3. The van der Waals surface area contributed by atoms with Crippen LogP contribution in [0.3, 0.4) is 0 Å². The Kier molecular flexibility index (Phi) is 6.15. The van der Waals surface area contributed by atoms with Gasteiger partial charge in [0.15, 0.2) is 0 Å². The Labute approximate surface area is 60.5 Å². The third-order valence-electron chi connectivity index (χ3n) is 0.462. The average molecular weight is 202 g/mol. The molecule has 0 aliphatic carbocycles. The van der Waals surface area contributed by atoms with Gasteiger partial charge in [-0.2, -0.15) is 8.42 Å². The van der Waals surface area contributed by atoms with Gasteiger partial charge in [0.2, 0.25) is 0 Å². The molecule has 0 bridgehead atoms. The van der Waals surface area contributed by atoms with Gasteiger partial charge in [-0.1, -0.05) is 6.92 Å². The van der Waals surface area contributed by atoms with E-state index in [-0.39, 0.29) is 23.7 Å². The van der Waals surface area contributed by atoms with Crippen molar-refractivity contribution in [2.75, 3.05) is 5.75 Å². The molecule has 1 unspecified atom stereocenters. The van der Waals surface area contributed by atoms with Gasteiger partial charge in [-0.25, -0.2) is 0 Å². The minimum absolute atomic E-state index is 0. The Hall–Kier alpha value is 0.468. The molecule has 0 fully saturated rings. The molecule has 3 nitrogen and oxygen atoms in total. The van der Waals surface area contributed by atoms with Gasteiger partial charge in [-0.05, 0) is 6.42 Å². The van der Waals surface area contributed by atoms with Crippen LogP contribution in [0.4, 0.5) is 0 Å². The Morgan fingerprint density at radius 3 is 1.88 bits per heavy atom. The molecule has 0 saturated heterocycles. The maximum absolute atomic E-state index is 9.79. The van der Waals surface area contributed by atoms with Crippen LogP contribution in [0.25, 0.3) is 0 Å². The molecule has 5 heteroatoms. The van der Waals surface area contributed by atoms with E-state index in [9.17, 15) is 8.42 Å². The van der Waals surface area contributed by atoms with E-state index in [0.717, 1.165) is 0 Å². The van der Waals surface area contributed by atoms with Gasteiger partial charge in [0.25, 0.3) is 10.1 Å². The van der Waals surface area contributed by atoms with Crippen LogP contribution >= 0.6 is 0 Å². The zero-order valence-corrected chi connectivity index (χ0v) is 8.58. The molecule has 1 N–H and O–H groups in total. The van der Waals surface area contributed by atoms with Gasteiger partial charge in [-0.15, -0.1) is 0 Å². The van der Waals surface area contributed by atoms with E-state index in [0.29, 0.717) is 6.42 Å². The molecule has 52 valence electrons. The van der Waals surface area contributed by atoms with Crippen LogP contribution in [0, 0.1) is 0 Å². The summed E-state index contributed by atoms with van der Waals surface area (Å²) in [5.41, 5.74) is 0. The SMILES string of the molecule is CCCS(=O)(=O)O.[AsH3]. The zero-order valence-electron chi connectivity index (χ0n) is 4.79. The molecule has 0 amide bonds. The zero-order chi connectivity index (χ0) is 5.91. The molecular formula is C3H11AsO3S. The summed E-state index contributed by atoms with van der Waals surface area (Å²) in [6.45, 7) is 1.69. The molecule has 0 aliphatic heterocycles. The molecule has 0 aromatic carbocycles. The molecule has 0 rings (SSSR count). The summed E-state index contributed by atoms with van der Waals surface area (Å²) in [5, 5.41) is 0. The van der Waals surface area contributed by atoms with E-state index in [4.69, 9.17) is 4.55 Å². The summed E-state index contributed by atoms with van der Waals surface area (Å²) < 4.78 is 27.6. The number of hydrogen-bond donors (Lipinski definition) is 1. The summed E-state index contributed by atoms with van der Waals surface area (Å²) in [6, 6.07) is 0. The van der Waals surface area contributed by atoms with Gasteiger partial charge in [0.1, 0.15) is 0 Å². The standard InChI is InChI=1S/C3H8O3S.AsH3/c1-2-3-7(4,5)6;/h2-3H2,1H3,(H,4,5,6);1H3. The summed E-state index contributed by atoms with van der Waals surface area (Å²) in [5.74, 6) is -0.132. The van der Waals surface area contributed by atoms with Crippen molar-refractivity contribution in [2.24, 2.45) is 0 Å². The van der Waals surface area contributed by atoms with Crippen LogP contribution in [0.15, 0.2) is 0 Å². The second-order valence-corrected chi connectivity index (χ2v) is 2.86. The van der Waals surface area contributed by atoms with Gasteiger partial charge >= 0.3 is 18.0 Å². The van der Waals surface area contributed by atoms with Crippen LogP contribution in [0.2, 0.25) is 0 Å². The predicted molar refractivity (Wildman–Crippen MR) is 36.6 cm³/mol. The molecule has 0 aromatic rings. The molecule has 0 radical (unpaired) electrons. The Morgan fingerprint density at radius 2 is 1.88 bits per heavy atom. The molecule has 0 saturated carbocycles. The summed E-state index contributed by atoms with van der Waals surface area (Å²) in [6.07, 6.45) is 0.471. The Balaban J connectivity index is 0. The Bertz CT molecular complexity index is 127.